The van der Waals surface area contributed by atoms with Crippen molar-refractivity contribution in [3.8, 4) is 0 Å². The van der Waals surface area contributed by atoms with Crippen molar-refractivity contribution < 1.29 is 4.42 Å². The Hall–Kier alpha value is -1.56. The smallest absolute Gasteiger partial charge is 0.408 e. The van der Waals surface area contributed by atoms with Gasteiger partial charge < -0.3 is 10.2 Å². The topological polar surface area (TPSA) is 72.0 Å². The summed E-state index contributed by atoms with van der Waals surface area (Å²) in [5.74, 6) is -0.472. The van der Waals surface area contributed by atoms with E-state index in [1.54, 1.807) is 18.2 Å². The van der Waals surface area contributed by atoms with Gasteiger partial charge in [0.25, 0.3) is 0 Å². The van der Waals surface area contributed by atoms with Crippen molar-refractivity contribution in [1.29, 1.82) is 0 Å². The minimum absolute atomic E-state index is 0.326. The Balaban J connectivity index is 2.04. The molecule has 0 bridgehead atoms. The minimum Gasteiger partial charge on any atom is -0.408 e. The van der Waals surface area contributed by atoms with E-state index in [9.17, 15) is 4.79 Å². The first kappa shape index (κ1) is 13.4. The molecule has 1 heterocycles. The standard InChI is InChI=1S/C14H10BrClN2O2/c15-9-5-7(1-3-10(9)16)13(17)8-2-4-11-12(6-8)20-14(19)18-11/h1-6,13H,17H2,(H,18,19). The van der Waals surface area contributed by atoms with E-state index in [1.165, 1.54) is 0 Å². The van der Waals surface area contributed by atoms with Crippen LogP contribution in [0, 0.1) is 0 Å². The highest BCUT2D eigenvalue weighted by molar-refractivity contribution is 9.10. The molecule has 0 aliphatic heterocycles. The molecular formula is C14H10BrClN2O2. The van der Waals surface area contributed by atoms with Gasteiger partial charge >= 0.3 is 5.76 Å². The minimum atomic E-state index is -0.472. The molecule has 0 fully saturated rings. The summed E-state index contributed by atoms with van der Waals surface area (Å²) < 4.78 is 5.83. The first-order chi connectivity index (χ1) is 9.54. The molecule has 0 saturated heterocycles. The molecule has 20 heavy (non-hydrogen) atoms. The van der Waals surface area contributed by atoms with Gasteiger partial charge in [-0.15, -0.1) is 0 Å². The predicted molar refractivity (Wildman–Crippen MR) is 82.0 cm³/mol. The van der Waals surface area contributed by atoms with Crippen molar-refractivity contribution in [2.75, 3.05) is 0 Å². The fourth-order valence-electron chi connectivity index (χ4n) is 2.05. The molecule has 3 aromatic rings. The number of fused-ring (bicyclic) bond motifs is 1. The number of aromatic amines is 1. The van der Waals surface area contributed by atoms with Gasteiger partial charge in [0.15, 0.2) is 5.58 Å². The van der Waals surface area contributed by atoms with E-state index in [-0.39, 0.29) is 6.04 Å². The molecule has 3 N–H and O–H groups in total. The van der Waals surface area contributed by atoms with Crippen LogP contribution in [0.25, 0.3) is 11.1 Å². The summed E-state index contributed by atoms with van der Waals surface area (Å²) in [5.41, 5.74) is 9.16. The van der Waals surface area contributed by atoms with E-state index in [0.717, 1.165) is 15.6 Å². The van der Waals surface area contributed by atoms with Crippen molar-refractivity contribution in [3.63, 3.8) is 0 Å². The summed E-state index contributed by atoms with van der Waals surface area (Å²) in [6.45, 7) is 0. The quantitative estimate of drug-likeness (QED) is 0.739. The van der Waals surface area contributed by atoms with Crippen molar-refractivity contribution >= 4 is 38.6 Å². The lowest BCUT2D eigenvalue weighted by molar-refractivity contribution is 0.555. The van der Waals surface area contributed by atoms with Crippen LogP contribution in [0.4, 0.5) is 0 Å². The monoisotopic (exact) mass is 352 g/mol. The van der Waals surface area contributed by atoms with Gasteiger partial charge in [-0.2, -0.15) is 0 Å². The summed E-state index contributed by atoms with van der Waals surface area (Å²) in [6.07, 6.45) is 0. The number of nitrogens with two attached hydrogens (primary N) is 1. The van der Waals surface area contributed by atoms with Gasteiger partial charge in [0, 0.05) is 4.47 Å². The zero-order valence-corrected chi connectivity index (χ0v) is 12.5. The van der Waals surface area contributed by atoms with Crippen LogP contribution in [0.15, 0.2) is 50.1 Å². The zero-order chi connectivity index (χ0) is 14.3. The van der Waals surface area contributed by atoms with Gasteiger partial charge in [0.2, 0.25) is 0 Å². The van der Waals surface area contributed by atoms with Gasteiger partial charge in [-0.05, 0) is 51.3 Å². The molecular weight excluding hydrogens is 344 g/mol. The number of rotatable bonds is 2. The van der Waals surface area contributed by atoms with Crippen LogP contribution in [-0.2, 0) is 0 Å². The number of hydrogen-bond acceptors (Lipinski definition) is 3. The van der Waals surface area contributed by atoms with E-state index in [2.05, 4.69) is 20.9 Å². The molecule has 3 rings (SSSR count). The van der Waals surface area contributed by atoms with Crippen LogP contribution < -0.4 is 11.5 Å². The van der Waals surface area contributed by atoms with Crippen LogP contribution in [0.1, 0.15) is 17.2 Å². The third-order valence-electron chi connectivity index (χ3n) is 3.11. The van der Waals surface area contributed by atoms with Gasteiger partial charge in [-0.25, -0.2) is 4.79 Å². The van der Waals surface area contributed by atoms with Gasteiger partial charge in [0.1, 0.15) is 0 Å². The Kier molecular flexibility index (Phi) is 3.41. The average Bonchev–Trinajstić information content (AvgIpc) is 2.80. The number of oxazole rings is 1. The van der Waals surface area contributed by atoms with E-state index in [1.807, 2.05) is 18.2 Å². The Bertz CT molecular complexity index is 841. The van der Waals surface area contributed by atoms with Crippen LogP contribution >= 0.6 is 27.5 Å². The first-order valence-corrected chi connectivity index (χ1v) is 7.05. The number of H-pyrrole nitrogens is 1. The summed E-state index contributed by atoms with van der Waals surface area (Å²) in [4.78, 5) is 13.7. The molecule has 4 nitrogen and oxygen atoms in total. The zero-order valence-electron chi connectivity index (χ0n) is 10.2. The fourth-order valence-corrected chi connectivity index (χ4v) is 2.57. The molecule has 0 radical (unpaired) electrons. The Morgan fingerprint density at radius 2 is 1.90 bits per heavy atom. The van der Waals surface area contributed by atoms with Crippen molar-refractivity contribution in [3.05, 3.63) is 67.6 Å². The summed E-state index contributed by atoms with van der Waals surface area (Å²) in [6, 6.07) is 10.6. The molecule has 0 spiro atoms. The fraction of sp³-hybridized carbons (Fsp3) is 0.0714. The van der Waals surface area contributed by atoms with Crippen LogP contribution in [0.2, 0.25) is 5.02 Å². The molecule has 102 valence electrons. The second-order valence-corrected chi connectivity index (χ2v) is 5.68. The van der Waals surface area contributed by atoms with E-state index in [4.69, 9.17) is 21.8 Å². The van der Waals surface area contributed by atoms with Gasteiger partial charge in [-0.1, -0.05) is 23.7 Å². The molecule has 2 aromatic carbocycles. The van der Waals surface area contributed by atoms with E-state index >= 15 is 0 Å². The third kappa shape index (κ3) is 2.40. The SMILES string of the molecule is NC(c1ccc(Cl)c(Br)c1)c1ccc2[nH]c(=O)oc2c1. The lowest BCUT2D eigenvalue weighted by Gasteiger charge is -2.13. The van der Waals surface area contributed by atoms with Crippen LogP contribution in [0.3, 0.4) is 0 Å². The number of hydrogen-bond donors (Lipinski definition) is 2. The largest absolute Gasteiger partial charge is 0.417 e. The molecule has 0 saturated carbocycles. The maximum absolute atomic E-state index is 11.1. The second kappa shape index (κ2) is 5.09. The van der Waals surface area contributed by atoms with E-state index < -0.39 is 5.76 Å². The Morgan fingerprint density at radius 1 is 1.20 bits per heavy atom. The van der Waals surface area contributed by atoms with Gasteiger partial charge in [-0.3, -0.25) is 4.98 Å². The highest BCUT2D eigenvalue weighted by atomic mass is 79.9. The number of halogens is 2. The lowest BCUT2D eigenvalue weighted by atomic mass is 9.99. The first-order valence-electron chi connectivity index (χ1n) is 5.88. The highest BCUT2D eigenvalue weighted by Gasteiger charge is 2.12. The Morgan fingerprint density at radius 3 is 2.65 bits per heavy atom. The lowest BCUT2D eigenvalue weighted by Crippen LogP contribution is -2.11. The van der Waals surface area contributed by atoms with Gasteiger partial charge in [0.05, 0.1) is 16.6 Å². The molecule has 1 unspecified atom stereocenters. The average molecular weight is 354 g/mol. The maximum Gasteiger partial charge on any atom is 0.417 e. The molecule has 6 heteroatoms. The molecule has 0 amide bonds. The third-order valence-corrected chi connectivity index (χ3v) is 4.32. The van der Waals surface area contributed by atoms with E-state index in [0.29, 0.717) is 16.1 Å². The normalized spacial score (nSPS) is 12.8. The molecule has 1 atom stereocenters. The molecule has 0 aliphatic carbocycles. The predicted octanol–water partition coefficient (Wildman–Crippen LogP) is 3.59. The van der Waals surface area contributed by atoms with Crippen molar-refractivity contribution in [2.24, 2.45) is 5.73 Å². The molecule has 1 aromatic heterocycles. The summed E-state index contributed by atoms with van der Waals surface area (Å²) in [7, 11) is 0. The summed E-state index contributed by atoms with van der Waals surface area (Å²) in [5, 5.41) is 0.632. The Labute approximate surface area is 127 Å². The van der Waals surface area contributed by atoms with Crippen LogP contribution in [-0.4, -0.2) is 4.98 Å². The number of benzene rings is 2. The summed E-state index contributed by atoms with van der Waals surface area (Å²) >= 11 is 9.35. The second-order valence-electron chi connectivity index (χ2n) is 4.42. The van der Waals surface area contributed by atoms with Crippen LogP contribution in [0.5, 0.6) is 0 Å². The number of aromatic nitrogens is 1. The highest BCUT2D eigenvalue weighted by Crippen LogP contribution is 2.28. The maximum atomic E-state index is 11.1. The van der Waals surface area contributed by atoms with Crippen molar-refractivity contribution in [2.45, 2.75) is 6.04 Å². The molecule has 0 aliphatic rings. The van der Waals surface area contributed by atoms with Crippen molar-refractivity contribution in [1.82, 2.24) is 4.98 Å². The number of nitrogens with one attached hydrogen (secondary N) is 1.